The van der Waals surface area contributed by atoms with Crippen molar-refractivity contribution < 1.29 is 28.2 Å². The molecule has 2 aliphatic carbocycles. The first-order chi connectivity index (χ1) is 20.7. The summed E-state index contributed by atoms with van der Waals surface area (Å²) in [5.41, 5.74) is 3.14. The predicted octanol–water partition coefficient (Wildman–Crippen LogP) is 3.02. The molecule has 0 unspecified atom stereocenters. The lowest BCUT2D eigenvalue weighted by atomic mass is 9.92. The number of nitrogens with one attached hydrogen (secondary N) is 3. The molecule has 10 heteroatoms. The second kappa shape index (κ2) is 13.8. The van der Waals surface area contributed by atoms with Crippen LogP contribution in [-0.2, 0) is 27.7 Å². The first kappa shape index (κ1) is 30.9. The maximum atomic E-state index is 13.5. The van der Waals surface area contributed by atoms with Crippen molar-refractivity contribution in [2.75, 3.05) is 6.54 Å². The van der Waals surface area contributed by atoms with Gasteiger partial charge in [0, 0.05) is 30.5 Å². The molecule has 43 heavy (non-hydrogen) atoms. The number of rotatable bonds is 12. The third-order valence-corrected chi connectivity index (χ3v) is 9.82. The number of amides is 2. The highest BCUT2D eigenvalue weighted by molar-refractivity contribution is 7.89. The average molecular weight is 606 g/mol. The zero-order valence-electron chi connectivity index (χ0n) is 24.0. The monoisotopic (exact) mass is 605 g/mol. The standard InChI is InChI=1S/C33H39N3O6S/c37-27(21-34-43(41,42)28-16-14-23(15-17-28)32(39)35-26-11-5-6-12-26)19-25(18-22-8-2-1-3-9-22)33(40)36-31-29-13-7-4-10-24(29)20-30(31)38/h1-4,7-10,13-17,25-27,30-31,34,37-38H,5-6,11-12,18-21H2,(H,35,39)(H,36,40)/t25-,27+,30-,31+/m1/s1. The lowest BCUT2D eigenvalue weighted by molar-refractivity contribution is -0.127. The normalized spacial score (nSPS) is 19.9. The smallest absolute Gasteiger partial charge is 0.251 e. The molecule has 4 atom stereocenters. The molecule has 0 bridgehead atoms. The molecule has 5 rings (SSSR count). The Kier molecular flexibility index (Phi) is 9.92. The van der Waals surface area contributed by atoms with E-state index in [2.05, 4.69) is 15.4 Å². The lowest BCUT2D eigenvalue weighted by Gasteiger charge is -2.24. The molecule has 1 fully saturated rings. The Morgan fingerprint density at radius 3 is 2.28 bits per heavy atom. The number of aliphatic hydroxyl groups is 2. The number of carbonyl (C=O) groups excluding carboxylic acids is 2. The molecule has 0 aromatic heterocycles. The number of carbonyl (C=O) groups is 2. The fraction of sp³-hybridized carbons (Fsp3) is 0.394. The second-order valence-electron chi connectivity index (χ2n) is 11.6. The molecule has 0 aliphatic heterocycles. The van der Waals surface area contributed by atoms with Crippen LogP contribution < -0.4 is 15.4 Å². The molecule has 0 radical (unpaired) electrons. The van der Waals surface area contributed by atoms with Gasteiger partial charge in [-0.3, -0.25) is 9.59 Å². The third kappa shape index (κ3) is 7.88. The highest BCUT2D eigenvalue weighted by Crippen LogP contribution is 2.32. The van der Waals surface area contributed by atoms with Gasteiger partial charge in [0.05, 0.1) is 23.1 Å². The van der Waals surface area contributed by atoms with Crippen molar-refractivity contribution >= 4 is 21.8 Å². The summed E-state index contributed by atoms with van der Waals surface area (Å²) in [6, 6.07) is 22.3. The van der Waals surface area contributed by atoms with Crippen molar-refractivity contribution in [2.24, 2.45) is 5.92 Å². The summed E-state index contributed by atoms with van der Waals surface area (Å²) in [7, 11) is -3.97. The van der Waals surface area contributed by atoms with Crippen LogP contribution in [0.25, 0.3) is 0 Å². The highest BCUT2D eigenvalue weighted by Gasteiger charge is 2.34. The number of fused-ring (bicyclic) bond motifs is 1. The molecule has 1 saturated carbocycles. The number of aliphatic hydroxyl groups excluding tert-OH is 2. The Morgan fingerprint density at radius 2 is 1.56 bits per heavy atom. The predicted molar refractivity (Wildman–Crippen MR) is 163 cm³/mol. The van der Waals surface area contributed by atoms with Gasteiger partial charge in [-0.2, -0.15) is 0 Å². The van der Waals surface area contributed by atoms with Crippen LogP contribution in [0.3, 0.4) is 0 Å². The minimum atomic E-state index is -3.97. The molecular formula is C33H39N3O6S. The Balaban J connectivity index is 1.20. The van der Waals surface area contributed by atoms with Crippen LogP contribution in [-0.4, -0.2) is 55.2 Å². The van der Waals surface area contributed by atoms with Crippen LogP contribution in [0.5, 0.6) is 0 Å². The minimum absolute atomic E-state index is 0.00792. The van der Waals surface area contributed by atoms with E-state index in [9.17, 15) is 28.2 Å². The molecule has 228 valence electrons. The first-order valence-electron chi connectivity index (χ1n) is 14.9. The van der Waals surface area contributed by atoms with Crippen molar-refractivity contribution in [2.45, 2.75) is 74.1 Å². The van der Waals surface area contributed by atoms with Gasteiger partial charge in [0.1, 0.15) is 0 Å². The second-order valence-corrected chi connectivity index (χ2v) is 13.3. The number of sulfonamides is 1. The van der Waals surface area contributed by atoms with E-state index in [4.69, 9.17) is 0 Å². The topological polar surface area (TPSA) is 145 Å². The van der Waals surface area contributed by atoms with Gasteiger partial charge in [-0.25, -0.2) is 13.1 Å². The van der Waals surface area contributed by atoms with Gasteiger partial charge < -0.3 is 20.8 Å². The SMILES string of the molecule is O=C(NC1CCCC1)c1ccc(S(=O)(=O)NC[C@@H](O)C[C@@H](Cc2ccccc2)C(=O)N[C@H]2c3ccccc3C[C@H]2O)cc1. The van der Waals surface area contributed by atoms with E-state index in [1.807, 2.05) is 54.6 Å². The molecule has 5 N–H and O–H groups in total. The van der Waals surface area contributed by atoms with E-state index in [-0.39, 0.29) is 35.7 Å². The molecule has 3 aromatic rings. The van der Waals surface area contributed by atoms with Crippen LogP contribution in [0.2, 0.25) is 0 Å². The van der Waals surface area contributed by atoms with Gasteiger partial charge in [0.15, 0.2) is 0 Å². The van der Waals surface area contributed by atoms with E-state index in [0.29, 0.717) is 18.4 Å². The Morgan fingerprint density at radius 1 is 0.884 bits per heavy atom. The summed E-state index contributed by atoms with van der Waals surface area (Å²) in [6.07, 6.45) is 2.98. The van der Waals surface area contributed by atoms with E-state index in [1.165, 1.54) is 24.3 Å². The van der Waals surface area contributed by atoms with Crippen molar-refractivity contribution in [1.82, 2.24) is 15.4 Å². The van der Waals surface area contributed by atoms with E-state index >= 15 is 0 Å². The van der Waals surface area contributed by atoms with Crippen LogP contribution in [0.4, 0.5) is 0 Å². The summed E-state index contributed by atoms with van der Waals surface area (Å²) in [4.78, 5) is 26.0. The Bertz CT molecular complexity index is 1510. The van der Waals surface area contributed by atoms with E-state index in [0.717, 1.165) is 42.4 Å². The maximum absolute atomic E-state index is 13.5. The fourth-order valence-electron chi connectivity index (χ4n) is 6.03. The average Bonchev–Trinajstić information content (AvgIpc) is 3.63. The van der Waals surface area contributed by atoms with Crippen molar-refractivity contribution in [3.8, 4) is 0 Å². The fourth-order valence-corrected chi connectivity index (χ4v) is 7.10. The van der Waals surface area contributed by atoms with Crippen LogP contribution in [0.15, 0.2) is 83.8 Å². The van der Waals surface area contributed by atoms with Gasteiger partial charge in [-0.15, -0.1) is 0 Å². The molecule has 2 amide bonds. The van der Waals surface area contributed by atoms with E-state index < -0.39 is 34.2 Å². The van der Waals surface area contributed by atoms with Crippen LogP contribution in [0, 0.1) is 5.92 Å². The first-order valence-corrected chi connectivity index (χ1v) is 16.4. The number of hydrogen-bond acceptors (Lipinski definition) is 6. The third-order valence-electron chi connectivity index (χ3n) is 8.38. The summed E-state index contributed by atoms with van der Waals surface area (Å²) >= 11 is 0. The molecular weight excluding hydrogens is 566 g/mol. The summed E-state index contributed by atoms with van der Waals surface area (Å²) in [6.45, 7) is -0.292. The zero-order chi connectivity index (χ0) is 30.4. The molecule has 2 aliphatic rings. The molecule has 0 saturated heterocycles. The van der Waals surface area contributed by atoms with Crippen LogP contribution >= 0.6 is 0 Å². The minimum Gasteiger partial charge on any atom is -0.392 e. The quantitative estimate of drug-likeness (QED) is 0.215. The Hall–Kier alpha value is -3.57. The number of hydrogen-bond donors (Lipinski definition) is 5. The van der Waals surface area contributed by atoms with Crippen molar-refractivity contribution in [1.29, 1.82) is 0 Å². The van der Waals surface area contributed by atoms with Gasteiger partial charge in [0.2, 0.25) is 15.9 Å². The molecule has 0 heterocycles. The van der Waals surface area contributed by atoms with Gasteiger partial charge in [-0.05, 0) is 66.6 Å². The van der Waals surface area contributed by atoms with Crippen molar-refractivity contribution in [3.63, 3.8) is 0 Å². The lowest BCUT2D eigenvalue weighted by Crippen LogP contribution is -2.41. The molecule has 3 aromatic carbocycles. The van der Waals surface area contributed by atoms with E-state index in [1.54, 1.807) is 0 Å². The van der Waals surface area contributed by atoms with Crippen LogP contribution in [0.1, 0.15) is 65.2 Å². The molecule has 9 nitrogen and oxygen atoms in total. The Labute approximate surface area is 252 Å². The van der Waals surface area contributed by atoms with Gasteiger partial charge in [-0.1, -0.05) is 67.4 Å². The van der Waals surface area contributed by atoms with Crippen molar-refractivity contribution in [3.05, 3.63) is 101 Å². The highest BCUT2D eigenvalue weighted by atomic mass is 32.2. The maximum Gasteiger partial charge on any atom is 0.251 e. The summed E-state index contributed by atoms with van der Waals surface area (Å²) in [5, 5.41) is 27.5. The van der Waals surface area contributed by atoms with Gasteiger partial charge in [0.25, 0.3) is 5.91 Å². The number of benzene rings is 3. The summed E-state index contributed by atoms with van der Waals surface area (Å²) < 4.78 is 28.4. The molecule has 0 spiro atoms. The van der Waals surface area contributed by atoms with Gasteiger partial charge >= 0.3 is 0 Å². The zero-order valence-corrected chi connectivity index (χ0v) is 24.8. The largest absolute Gasteiger partial charge is 0.392 e. The summed E-state index contributed by atoms with van der Waals surface area (Å²) in [5.74, 6) is -1.21.